The van der Waals surface area contributed by atoms with E-state index in [9.17, 15) is 14.3 Å². The number of aliphatic carboxylic acids is 1. The third-order valence-corrected chi connectivity index (χ3v) is 3.46. The van der Waals surface area contributed by atoms with Crippen molar-refractivity contribution in [3.05, 3.63) is 35.1 Å². The molecule has 1 N–H and O–H groups in total. The number of hydrogen-bond acceptors (Lipinski definition) is 2. The Morgan fingerprint density at radius 2 is 2.18 bits per heavy atom. The summed E-state index contributed by atoms with van der Waals surface area (Å²) in [5.74, 6) is -1.67. The van der Waals surface area contributed by atoms with Crippen molar-refractivity contribution in [2.75, 3.05) is 20.1 Å². The van der Waals surface area contributed by atoms with Crippen LogP contribution in [-0.2, 0) is 4.79 Å². The van der Waals surface area contributed by atoms with E-state index in [0.717, 1.165) is 11.1 Å². The summed E-state index contributed by atoms with van der Waals surface area (Å²) >= 11 is 0. The summed E-state index contributed by atoms with van der Waals surface area (Å²) in [5.41, 5.74) is 1.78. The van der Waals surface area contributed by atoms with E-state index in [1.54, 1.807) is 6.07 Å². The lowest BCUT2D eigenvalue weighted by Crippen LogP contribution is -2.21. The number of carboxylic acids is 1. The molecule has 1 aromatic rings. The highest BCUT2D eigenvalue weighted by atomic mass is 19.1. The minimum Gasteiger partial charge on any atom is -0.481 e. The molecule has 1 aliphatic rings. The lowest BCUT2D eigenvalue weighted by Gasteiger charge is -2.17. The van der Waals surface area contributed by atoms with Crippen molar-refractivity contribution in [1.82, 2.24) is 4.90 Å². The Labute approximate surface area is 99.9 Å². The molecule has 0 saturated carbocycles. The molecule has 1 fully saturated rings. The van der Waals surface area contributed by atoms with Gasteiger partial charge in [-0.3, -0.25) is 4.79 Å². The second-order valence-corrected chi connectivity index (χ2v) is 4.77. The highest BCUT2D eigenvalue weighted by molar-refractivity contribution is 5.72. The summed E-state index contributed by atoms with van der Waals surface area (Å²) in [6, 6.07) is 4.59. The minimum atomic E-state index is -0.803. The lowest BCUT2D eigenvalue weighted by molar-refractivity contribution is -0.141. The van der Waals surface area contributed by atoms with Crippen LogP contribution in [0.5, 0.6) is 0 Å². The summed E-state index contributed by atoms with van der Waals surface area (Å²) in [4.78, 5) is 13.2. The second-order valence-electron chi connectivity index (χ2n) is 4.77. The molecule has 0 bridgehead atoms. The third-order valence-electron chi connectivity index (χ3n) is 3.46. The van der Waals surface area contributed by atoms with Gasteiger partial charge in [0.15, 0.2) is 0 Å². The highest BCUT2D eigenvalue weighted by Crippen LogP contribution is 2.34. The zero-order valence-corrected chi connectivity index (χ0v) is 9.98. The number of likely N-dealkylation sites (N-methyl/N-ethyl adjacent to an activating group) is 1. The van der Waals surface area contributed by atoms with Crippen molar-refractivity contribution in [3.63, 3.8) is 0 Å². The van der Waals surface area contributed by atoms with E-state index in [0.29, 0.717) is 13.1 Å². The number of likely N-dealkylation sites (tertiary alicyclic amines) is 1. The standard InChI is InChI=1S/C13H16FNO2/c1-8-3-4-9(14)5-10(8)11-6-15(2)7-12(11)13(16)17/h3-5,11-12H,6-7H2,1-2H3,(H,16,17). The molecule has 0 spiro atoms. The van der Waals surface area contributed by atoms with Crippen molar-refractivity contribution >= 4 is 5.97 Å². The summed E-state index contributed by atoms with van der Waals surface area (Å²) in [6.45, 7) is 3.09. The average molecular weight is 237 g/mol. The molecule has 2 unspecified atom stereocenters. The Bertz CT molecular complexity index is 447. The van der Waals surface area contributed by atoms with Gasteiger partial charge in [0, 0.05) is 19.0 Å². The smallest absolute Gasteiger partial charge is 0.308 e. The first-order chi connectivity index (χ1) is 7.99. The molecule has 0 aromatic heterocycles. The number of halogens is 1. The summed E-state index contributed by atoms with van der Waals surface area (Å²) in [6.07, 6.45) is 0. The molecular formula is C13H16FNO2. The molecule has 1 aliphatic heterocycles. The lowest BCUT2D eigenvalue weighted by atomic mass is 9.86. The second kappa shape index (κ2) is 4.45. The SMILES string of the molecule is Cc1ccc(F)cc1C1CN(C)CC1C(=O)O. The molecule has 2 rings (SSSR count). The Balaban J connectivity index is 2.37. The number of nitrogens with zero attached hydrogens (tertiary/aromatic N) is 1. The number of rotatable bonds is 2. The van der Waals surface area contributed by atoms with Crippen LogP contribution in [-0.4, -0.2) is 36.1 Å². The average Bonchev–Trinajstić information content (AvgIpc) is 2.64. The predicted octanol–water partition coefficient (Wildman–Crippen LogP) is 1.86. The third kappa shape index (κ3) is 2.31. The fraction of sp³-hybridized carbons (Fsp3) is 0.462. The van der Waals surface area contributed by atoms with E-state index in [1.165, 1.54) is 12.1 Å². The maximum atomic E-state index is 13.3. The molecule has 0 aliphatic carbocycles. The molecule has 0 radical (unpaired) electrons. The van der Waals surface area contributed by atoms with Crippen molar-refractivity contribution in [1.29, 1.82) is 0 Å². The fourth-order valence-corrected chi connectivity index (χ4v) is 2.58. The quantitative estimate of drug-likeness (QED) is 0.853. The van der Waals surface area contributed by atoms with Gasteiger partial charge in [-0.2, -0.15) is 0 Å². The van der Waals surface area contributed by atoms with Crippen LogP contribution >= 0.6 is 0 Å². The molecule has 17 heavy (non-hydrogen) atoms. The van der Waals surface area contributed by atoms with Gasteiger partial charge in [0.1, 0.15) is 5.82 Å². The van der Waals surface area contributed by atoms with Crippen molar-refractivity contribution in [2.45, 2.75) is 12.8 Å². The van der Waals surface area contributed by atoms with Crippen LogP contribution in [0.25, 0.3) is 0 Å². The van der Waals surface area contributed by atoms with Gasteiger partial charge in [0.2, 0.25) is 0 Å². The number of benzene rings is 1. The molecule has 0 amide bonds. The molecule has 1 heterocycles. The van der Waals surface area contributed by atoms with Gasteiger partial charge < -0.3 is 10.0 Å². The highest BCUT2D eigenvalue weighted by Gasteiger charge is 2.37. The van der Waals surface area contributed by atoms with E-state index in [-0.39, 0.29) is 11.7 Å². The summed E-state index contributed by atoms with van der Waals surface area (Å²) in [7, 11) is 1.89. The fourth-order valence-electron chi connectivity index (χ4n) is 2.58. The van der Waals surface area contributed by atoms with Gasteiger partial charge >= 0.3 is 5.97 Å². The first kappa shape index (κ1) is 12.0. The molecule has 4 heteroatoms. The molecule has 3 nitrogen and oxygen atoms in total. The van der Waals surface area contributed by atoms with Gasteiger partial charge in [-0.15, -0.1) is 0 Å². The summed E-state index contributed by atoms with van der Waals surface area (Å²) in [5, 5.41) is 9.20. The Kier molecular flexibility index (Phi) is 3.15. The molecule has 92 valence electrons. The van der Waals surface area contributed by atoms with E-state index < -0.39 is 11.9 Å². The van der Waals surface area contributed by atoms with Crippen LogP contribution in [0.2, 0.25) is 0 Å². The van der Waals surface area contributed by atoms with Crippen LogP contribution in [0.1, 0.15) is 17.0 Å². The van der Waals surface area contributed by atoms with Crippen LogP contribution in [0, 0.1) is 18.7 Å². The first-order valence-corrected chi connectivity index (χ1v) is 5.66. The summed E-state index contributed by atoms with van der Waals surface area (Å²) < 4.78 is 13.3. The van der Waals surface area contributed by atoms with Gasteiger partial charge in [-0.25, -0.2) is 4.39 Å². The van der Waals surface area contributed by atoms with E-state index in [2.05, 4.69) is 0 Å². The normalized spacial score (nSPS) is 25.1. The molecule has 1 aromatic carbocycles. The van der Waals surface area contributed by atoms with E-state index in [4.69, 9.17) is 0 Å². The van der Waals surface area contributed by atoms with Gasteiger partial charge in [0.25, 0.3) is 0 Å². The molecule has 1 saturated heterocycles. The maximum Gasteiger partial charge on any atom is 0.308 e. The maximum absolute atomic E-state index is 13.3. The number of carboxylic acid groups (broad SMARTS) is 1. The zero-order valence-electron chi connectivity index (χ0n) is 9.98. The number of hydrogen-bond donors (Lipinski definition) is 1. The van der Waals surface area contributed by atoms with Gasteiger partial charge in [0.05, 0.1) is 5.92 Å². The van der Waals surface area contributed by atoms with Crippen LogP contribution in [0.15, 0.2) is 18.2 Å². The first-order valence-electron chi connectivity index (χ1n) is 5.66. The monoisotopic (exact) mass is 237 g/mol. The number of carbonyl (C=O) groups is 1. The van der Waals surface area contributed by atoms with Crippen molar-refractivity contribution in [2.24, 2.45) is 5.92 Å². The van der Waals surface area contributed by atoms with E-state index in [1.807, 2.05) is 18.9 Å². The van der Waals surface area contributed by atoms with Crippen molar-refractivity contribution in [3.8, 4) is 0 Å². The van der Waals surface area contributed by atoms with Crippen molar-refractivity contribution < 1.29 is 14.3 Å². The van der Waals surface area contributed by atoms with Gasteiger partial charge in [-0.05, 0) is 37.2 Å². The Morgan fingerprint density at radius 1 is 1.47 bits per heavy atom. The topological polar surface area (TPSA) is 40.5 Å². The minimum absolute atomic E-state index is 0.117. The van der Waals surface area contributed by atoms with E-state index >= 15 is 0 Å². The molecular weight excluding hydrogens is 221 g/mol. The Hall–Kier alpha value is -1.42. The number of aryl methyl sites for hydroxylation is 1. The van der Waals surface area contributed by atoms with Gasteiger partial charge in [-0.1, -0.05) is 6.07 Å². The van der Waals surface area contributed by atoms with Crippen LogP contribution in [0.3, 0.4) is 0 Å². The predicted molar refractivity (Wildman–Crippen MR) is 62.5 cm³/mol. The van der Waals surface area contributed by atoms with Crippen LogP contribution < -0.4 is 0 Å². The largest absolute Gasteiger partial charge is 0.481 e. The zero-order chi connectivity index (χ0) is 12.6. The van der Waals surface area contributed by atoms with Crippen LogP contribution in [0.4, 0.5) is 4.39 Å². The molecule has 2 atom stereocenters. The Morgan fingerprint density at radius 3 is 2.82 bits per heavy atom.